The Balaban J connectivity index is 1.47. The minimum absolute atomic E-state index is 0.0882. The second-order valence-electron chi connectivity index (χ2n) is 6.75. The van der Waals surface area contributed by atoms with Crippen molar-refractivity contribution < 1.29 is 14.7 Å². The molecule has 0 aliphatic carbocycles. The molecule has 148 valence electrons. The third kappa shape index (κ3) is 5.37. The number of nitrogens with zero attached hydrogens (tertiary/aromatic N) is 2. The molecule has 7 nitrogen and oxygen atoms in total. The van der Waals surface area contributed by atoms with Gasteiger partial charge in [-0.1, -0.05) is 11.6 Å². The molecule has 0 unspecified atom stereocenters. The van der Waals surface area contributed by atoms with Crippen LogP contribution in [0, 0.1) is 6.92 Å². The molecule has 2 amide bonds. The van der Waals surface area contributed by atoms with Crippen molar-refractivity contribution in [2.75, 3.05) is 48.3 Å². The lowest BCUT2D eigenvalue weighted by molar-refractivity contribution is -0.117. The van der Waals surface area contributed by atoms with Crippen LogP contribution in [0.25, 0.3) is 0 Å². The van der Waals surface area contributed by atoms with Crippen LogP contribution in [-0.2, 0) is 4.79 Å². The van der Waals surface area contributed by atoms with E-state index in [1.165, 1.54) is 0 Å². The average molecular weight is 403 g/mol. The summed E-state index contributed by atoms with van der Waals surface area (Å²) in [5, 5.41) is 14.6. The second-order valence-corrected chi connectivity index (χ2v) is 7.16. The van der Waals surface area contributed by atoms with Crippen LogP contribution < -0.4 is 15.5 Å². The van der Waals surface area contributed by atoms with Crippen molar-refractivity contribution in [1.82, 2.24) is 4.90 Å². The zero-order valence-electron chi connectivity index (χ0n) is 15.6. The van der Waals surface area contributed by atoms with Gasteiger partial charge in [-0.25, -0.2) is 4.79 Å². The van der Waals surface area contributed by atoms with Crippen LogP contribution in [0.15, 0.2) is 42.5 Å². The molecule has 1 saturated heterocycles. The number of halogens is 1. The molecule has 1 heterocycles. The summed E-state index contributed by atoms with van der Waals surface area (Å²) in [5.41, 5.74) is 3.31. The molecule has 0 aromatic heterocycles. The summed E-state index contributed by atoms with van der Waals surface area (Å²) < 4.78 is 0. The van der Waals surface area contributed by atoms with Gasteiger partial charge in [0.1, 0.15) is 0 Å². The minimum atomic E-state index is -1.12. The highest BCUT2D eigenvalue weighted by atomic mass is 35.5. The summed E-state index contributed by atoms with van der Waals surface area (Å²) in [7, 11) is 0. The van der Waals surface area contributed by atoms with Gasteiger partial charge in [0, 0.05) is 48.3 Å². The van der Waals surface area contributed by atoms with E-state index in [0.717, 1.165) is 42.5 Å². The number of hydrogen-bond donors (Lipinski definition) is 3. The third-order valence-corrected chi connectivity index (χ3v) is 5.09. The monoisotopic (exact) mass is 402 g/mol. The summed E-state index contributed by atoms with van der Waals surface area (Å²) in [6.07, 6.45) is -1.12. The first-order valence-corrected chi connectivity index (χ1v) is 9.42. The van der Waals surface area contributed by atoms with Crippen LogP contribution in [0.1, 0.15) is 5.56 Å². The number of hydrogen-bond acceptors (Lipinski definition) is 4. The van der Waals surface area contributed by atoms with E-state index in [-0.39, 0.29) is 5.91 Å². The maximum Gasteiger partial charge on any atom is 0.409 e. The fourth-order valence-electron chi connectivity index (χ4n) is 3.15. The topological polar surface area (TPSA) is 84.9 Å². The quantitative estimate of drug-likeness (QED) is 0.712. The molecule has 3 N–H and O–H groups in total. The zero-order chi connectivity index (χ0) is 20.1. The molecule has 1 aliphatic heterocycles. The predicted octanol–water partition coefficient (Wildman–Crippen LogP) is 3.50. The van der Waals surface area contributed by atoms with Crippen molar-refractivity contribution in [3.63, 3.8) is 0 Å². The molecule has 0 spiro atoms. The first kappa shape index (κ1) is 20.0. The Morgan fingerprint density at radius 1 is 1.00 bits per heavy atom. The van der Waals surface area contributed by atoms with E-state index in [4.69, 9.17) is 16.7 Å². The number of carbonyl (C=O) groups excluding carboxylic acids is 1. The molecule has 2 aromatic carbocycles. The SMILES string of the molecule is Cc1cc(N2CCN(CC(=O)Nc3ccc(NC(=O)O)cc3)CC2)ccc1Cl. The molecular formula is C20H23ClN4O3. The fraction of sp³-hybridized carbons (Fsp3) is 0.300. The lowest BCUT2D eigenvalue weighted by atomic mass is 10.2. The van der Waals surface area contributed by atoms with Crippen molar-refractivity contribution in [3.8, 4) is 0 Å². The van der Waals surface area contributed by atoms with Crippen molar-refractivity contribution >= 4 is 40.7 Å². The number of benzene rings is 2. The summed E-state index contributed by atoms with van der Waals surface area (Å²) >= 11 is 6.10. The maximum atomic E-state index is 12.3. The Kier molecular flexibility index (Phi) is 6.38. The summed E-state index contributed by atoms with van der Waals surface area (Å²) in [6, 6.07) is 12.6. The van der Waals surface area contributed by atoms with Gasteiger partial charge in [-0.15, -0.1) is 0 Å². The Morgan fingerprint density at radius 2 is 1.61 bits per heavy atom. The van der Waals surface area contributed by atoms with Crippen LogP contribution in [0.5, 0.6) is 0 Å². The largest absolute Gasteiger partial charge is 0.465 e. The Bertz CT molecular complexity index is 849. The fourth-order valence-corrected chi connectivity index (χ4v) is 3.27. The van der Waals surface area contributed by atoms with Crippen LogP contribution in [0.4, 0.5) is 21.9 Å². The van der Waals surface area contributed by atoms with Gasteiger partial charge >= 0.3 is 6.09 Å². The number of rotatable bonds is 5. The molecule has 3 rings (SSSR count). The molecule has 28 heavy (non-hydrogen) atoms. The molecule has 0 atom stereocenters. The van der Waals surface area contributed by atoms with Crippen molar-refractivity contribution in [1.29, 1.82) is 0 Å². The zero-order valence-corrected chi connectivity index (χ0v) is 16.4. The molecule has 0 saturated carbocycles. The van der Waals surface area contributed by atoms with E-state index in [1.807, 2.05) is 19.1 Å². The number of carboxylic acid groups (broad SMARTS) is 1. The maximum absolute atomic E-state index is 12.3. The third-order valence-electron chi connectivity index (χ3n) is 4.67. The Labute approximate surface area is 168 Å². The Morgan fingerprint density at radius 3 is 2.18 bits per heavy atom. The smallest absolute Gasteiger partial charge is 0.409 e. The van der Waals surface area contributed by atoms with Crippen LogP contribution in [0.3, 0.4) is 0 Å². The van der Waals surface area contributed by atoms with E-state index in [9.17, 15) is 9.59 Å². The molecule has 1 aliphatic rings. The summed E-state index contributed by atoms with van der Waals surface area (Å²) in [4.78, 5) is 27.3. The first-order chi connectivity index (χ1) is 13.4. The van der Waals surface area contributed by atoms with Gasteiger partial charge in [-0.05, 0) is 55.0 Å². The van der Waals surface area contributed by atoms with Gasteiger partial charge in [0.15, 0.2) is 0 Å². The predicted molar refractivity (Wildman–Crippen MR) is 112 cm³/mol. The van der Waals surface area contributed by atoms with Gasteiger partial charge in [0.2, 0.25) is 5.91 Å². The normalized spacial score (nSPS) is 14.6. The van der Waals surface area contributed by atoms with Crippen molar-refractivity contribution in [2.24, 2.45) is 0 Å². The average Bonchev–Trinajstić information content (AvgIpc) is 2.66. The van der Waals surface area contributed by atoms with E-state index >= 15 is 0 Å². The van der Waals surface area contributed by atoms with E-state index < -0.39 is 6.09 Å². The van der Waals surface area contributed by atoms with E-state index in [0.29, 0.717) is 17.9 Å². The molecule has 8 heteroatoms. The highest BCUT2D eigenvalue weighted by Crippen LogP contribution is 2.23. The molecule has 0 radical (unpaired) electrons. The molecular weight excluding hydrogens is 380 g/mol. The van der Waals surface area contributed by atoms with Crippen LogP contribution in [-0.4, -0.2) is 54.7 Å². The van der Waals surface area contributed by atoms with Crippen molar-refractivity contribution in [3.05, 3.63) is 53.1 Å². The van der Waals surface area contributed by atoms with E-state index in [1.54, 1.807) is 24.3 Å². The van der Waals surface area contributed by atoms with Gasteiger partial charge in [0.05, 0.1) is 6.54 Å². The van der Waals surface area contributed by atoms with Crippen molar-refractivity contribution in [2.45, 2.75) is 6.92 Å². The number of nitrogens with one attached hydrogen (secondary N) is 2. The lowest BCUT2D eigenvalue weighted by Gasteiger charge is -2.35. The number of carbonyl (C=O) groups is 2. The summed E-state index contributed by atoms with van der Waals surface area (Å²) in [5.74, 6) is -0.0882. The van der Waals surface area contributed by atoms with Gasteiger partial charge in [-0.2, -0.15) is 0 Å². The minimum Gasteiger partial charge on any atom is -0.465 e. The van der Waals surface area contributed by atoms with E-state index in [2.05, 4.69) is 26.5 Å². The van der Waals surface area contributed by atoms with Gasteiger partial charge in [0.25, 0.3) is 0 Å². The molecule has 1 fully saturated rings. The number of anilines is 3. The van der Waals surface area contributed by atoms with Crippen LogP contribution in [0.2, 0.25) is 5.02 Å². The first-order valence-electron chi connectivity index (χ1n) is 9.04. The highest BCUT2D eigenvalue weighted by molar-refractivity contribution is 6.31. The standard InChI is InChI=1S/C20H23ClN4O3/c1-14-12-17(6-7-18(14)21)25-10-8-24(9-11-25)13-19(26)22-15-2-4-16(5-3-15)23-20(27)28/h2-7,12,23H,8-11,13H2,1H3,(H,22,26)(H,27,28). The molecule has 0 bridgehead atoms. The molecule has 2 aromatic rings. The summed E-state index contributed by atoms with van der Waals surface area (Å²) in [6.45, 7) is 5.63. The number of piperazine rings is 1. The van der Waals surface area contributed by atoms with Gasteiger partial charge in [-0.3, -0.25) is 15.0 Å². The highest BCUT2D eigenvalue weighted by Gasteiger charge is 2.19. The Hall–Kier alpha value is -2.77. The number of aryl methyl sites for hydroxylation is 1. The lowest BCUT2D eigenvalue weighted by Crippen LogP contribution is -2.48. The second kappa shape index (κ2) is 8.95. The van der Waals surface area contributed by atoms with Crippen LogP contribution >= 0.6 is 11.6 Å². The van der Waals surface area contributed by atoms with Gasteiger partial charge < -0.3 is 15.3 Å². The number of amides is 2.